The topological polar surface area (TPSA) is 67.6 Å². The molecule has 23 heavy (non-hydrogen) atoms. The van der Waals surface area contributed by atoms with E-state index in [1.54, 1.807) is 6.07 Å². The number of carbonyl (C=O) groups is 1. The second-order valence-electron chi connectivity index (χ2n) is 5.98. The molecule has 1 fully saturated rings. The number of furan rings is 1. The Morgan fingerprint density at radius 2 is 2.17 bits per heavy atom. The first-order valence-corrected chi connectivity index (χ1v) is 8.57. The van der Waals surface area contributed by atoms with Gasteiger partial charge in [-0.1, -0.05) is 0 Å². The molecule has 1 saturated heterocycles. The Morgan fingerprint density at radius 3 is 2.83 bits per heavy atom. The van der Waals surface area contributed by atoms with Gasteiger partial charge < -0.3 is 9.15 Å². The Morgan fingerprint density at radius 1 is 1.43 bits per heavy atom. The molecule has 124 valence electrons. The van der Waals surface area contributed by atoms with E-state index in [0.29, 0.717) is 10.9 Å². The summed E-state index contributed by atoms with van der Waals surface area (Å²) in [6, 6.07) is 1.77. The molecule has 0 aliphatic carbocycles. The first-order valence-electron chi connectivity index (χ1n) is 7.69. The first kappa shape index (κ1) is 16.2. The number of nitrogens with one attached hydrogen (secondary N) is 1. The molecule has 6 nitrogen and oxygen atoms in total. The molecule has 0 saturated carbocycles. The van der Waals surface area contributed by atoms with Crippen LogP contribution in [0.3, 0.4) is 0 Å². The summed E-state index contributed by atoms with van der Waals surface area (Å²) in [6.07, 6.45) is 1.98. The van der Waals surface area contributed by atoms with Crippen LogP contribution in [-0.2, 0) is 11.3 Å². The quantitative estimate of drug-likeness (QED) is 0.930. The molecule has 2 aromatic heterocycles. The molecular weight excluding hydrogens is 314 g/mol. The second-order valence-corrected chi connectivity index (χ2v) is 6.84. The van der Waals surface area contributed by atoms with E-state index >= 15 is 0 Å². The Kier molecular flexibility index (Phi) is 4.79. The lowest BCUT2D eigenvalue weighted by atomic mass is 10.2. The van der Waals surface area contributed by atoms with Crippen LogP contribution in [0.15, 0.2) is 22.1 Å². The molecule has 0 spiro atoms. The maximum absolute atomic E-state index is 12.1. The van der Waals surface area contributed by atoms with Gasteiger partial charge in [0.2, 0.25) is 0 Å². The average Bonchev–Trinajstić information content (AvgIpc) is 3.07. The lowest BCUT2D eigenvalue weighted by Gasteiger charge is -2.34. The number of rotatable bonds is 4. The molecule has 3 rings (SSSR count). The van der Waals surface area contributed by atoms with E-state index in [-0.39, 0.29) is 18.1 Å². The summed E-state index contributed by atoms with van der Waals surface area (Å²) in [7, 11) is 0. The lowest BCUT2D eigenvalue weighted by Crippen LogP contribution is -2.44. The first-order chi connectivity index (χ1) is 11.0. The van der Waals surface area contributed by atoms with Gasteiger partial charge in [0.05, 0.1) is 24.2 Å². The van der Waals surface area contributed by atoms with Gasteiger partial charge >= 0.3 is 0 Å². The molecule has 1 N–H and O–H groups in total. The number of hydrogen-bond donors (Lipinski definition) is 1. The summed E-state index contributed by atoms with van der Waals surface area (Å²) < 4.78 is 10.9. The van der Waals surface area contributed by atoms with Crippen LogP contribution in [0.2, 0.25) is 0 Å². The maximum atomic E-state index is 12.1. The molecule has 2 aromatic rings. The van der Waals surface area contributed by atoms with E-state index in [9.17, 15) is 4.79 Å². The highest BCUT2D eigenvalue weighted by Crippen LogP contribution is 2.20. The van der Waals surface area contributed by atoms with Crippen molar-refractivity contribution >= 4 is 22.4 Å². The molecule has 2 atom stereocenters. The Bertz CT molecular complexity index is 672. The van der Waals surface area contributed by atoms with Crippen LogP contribution in [-0.4, -0.2) is 41.1 Å². The second kappa shape index (κ2) is 6.82. The number of hydrogen-bond acceptors (Lipinski definition) is 6. The fourth-order valence-electron chi connectivity index (χ4n) is 2.84. The van der Waals surface area contributed by atoms with Crippen molar-refractivity contribution in [2.75, 3.05) is 18.4 Å². The van der Waals surface area contributed by atoms with E-state index in [2.05, 4.69) is 29.0 Å². The molecule has 1 amide bonds. The van der Waals surface area contributed by atoms with Crippen LogP contribution in [0.5, 0.6) is 0 Å². The maximum Gasteiger partial charge on any atom is 0.293 e. The van der Waals surface area contributed by atoms with Crippen molar-refractivity contribution < 1.29 is 13.9 Å². The number of aromatic nitrogens is 1. The van der Waals surface area contributed by atoms with Crippen molar-refractivity contribution in [3.63, 3.8) is 0 Å². The van der Waals surface area contributed by atoms with Gasteiger partial charge in [-0.05, 0) is 26.8 Å². The Hall–Kier alpha value is -1.70. The lowest BCUT2D eigenvalue weighted by molar-refractivity contribution is -0.0707. The van der Waals surface area contributed by atoms with Gasteiger partial charge in [0.1, 0.15) is 0 Å². The van der Waals surface area contributed by atoms with E-state index in [1.165, 1.54) is 17.6 Å². The number of ether oxygens (including phenoxy) is 1. The molecule has 1 aliphatic rings. The molecule has 0 aromatic carbocycles. The number of amides is 1. The van der Waals surface area contributed by atoms with Gasteiger partial charge in [0, 0.05) is 30.6 Å². The third-order valence-corrected chi connectivity index (χ3v) is 4.53. The predicted octanol–water partition coefficient (Wildman–Crippen LogP) is 2.91. The van der Waals surface area contributed by atoms with E-state index in [1.807, 2.05) is 12.3 Å². The highest BCUT2D eigenvalue weighted by Gasteiger charge is 2.23. The molecule has 3 heterocycles. The minimum Gasteiger partial charge on any atom is -0.459 e. The van der Waals surface area contributed by atoms with Crippen LogP contribution in [0.1, 0.15) is 35.7 Å². The number of aryl methyl sites for hydroxylation is 1. The Labute approximate surface area is 139 Å². The van der Waals surface area contributed by atoms with Gasteiger partial charge in [-0.15, -0.1) is 11.3 Å². The number of nitrogens with zero attached hydrogens (tertiary/aromatic N) is 2. The van der Waals surface area contributed by atoms with E-state index < -0.39 is 0 Å². The molecule has 7 heteroatoms. The van der Waals surface area contributed by atoms with Crippen molar-refractivity contribution in [2.45, 2.75) is 39.5 Å². The van der Waals surface area contributed by atoms with Gasteiger partial charge in [-0.3, -0.25) is 15.0 Å². The third-order valence-electron chi connectivity index (χ3n) is 3.72. The third kappa shape index (κ3) is 3.99. The van der Waals surface area contributed by atoms with Crippen molar-refractivity contribution in [3.05, 3.63) is 34.7 Å². The van der Waals surface area contributed by atoms with E-state index in [0.717, 1.165) is 30.9 Å². The van der Waals surface area contributed by atoms with Gasteiger partial charge in [-0.2, -0.15) is 0 Å². The van der Waals surface area contributed by atoms with E-state index in [4.69, 9.17) is 9.15 Å². The fraction of sp³-hybridized carbons (Fsp3) is 0.500. The molecule has 0 bridgehead atoms. The summed E-state index contributed by atoms with van der Waals surface area (Å²) >= 11 is 1.43. The van der Waals surface area contributed by atoms with Gasteiger partial charge in [0.25, 0.3) is 5.91 Å². The van der Waals surface area contributed by atoms with Crippen LogP contribution >= 0.6 is 11.3 Å². The monoisotopic (exact) mass is 335 g/mol. The highest BCUT2D eigenvalue weighted by atomic mass is 32.1. The zero-order valence-electron chi connectivity index (χ0n) is 13.5. The standard InChI is InChI=1S/C16H21N3O3S/c1-10-4-5-21-14(10)15(20)18-16-17-13(9-23-16)8-19-6-11(2)22-12(3)7-19/h4-5,9,11-12H,6-8H2,1-3H3,(H,17,18,20)/t11-,12-/m1/s1. The van der Waals surface area contributed by atoms with Crippen molar-refractivity contribution in [1.29, 1.82) is 0 Å². The van der Waals surface area contributed by atoms with Crippen LogP contribution in [0, 0.1) is 6.92 Å². The number of anilines is 1. The SMILES string of the molecule is Cc1ccoc1C(=O)Nc1nc(CN2C[C@@H](C)O[C@H](C)C2)cs1. The minimum absolute atomic E-state index is 0.235. The summed E-state index contributed by atoms with van der Waals surface area (Å²) in [4.78, 5) is 18.9. The normalized spacial score (nSPS) is 22.2. The predicted molar refractivity (Wildman–Crippen MR) is 88.8 cm³/mol. The zero-order chi connectivity index (χ0) is 16.4. The zero-order valence-corrected chi connectivity index (χ0v) is 14.4. The highest BCUT2D eigenvalue weighted by molar-refractivity contribution is 7.13. The molecule has 0 radical (unpaired) electrons. The van der Waals surface area contributed by atoms with Gasteiger partial charge in [-0.25, -0.2) is 4.98 Å². The minimum atomic E-state index is -0.262. The fourth-order valence-corrected chi connectivity index (χ4v) is 3.54. The number of thiazole rings is 1. The Balaban J connectivity index is 1.60. The summed E-state index contributed by atoms with van der Waals surface area (Å²) in [5, 5.41) is 5.37. The smallest absolute Gasteiger partial charge is 0.293 e. The largest absolute Gasteiger partial charge is 0.459 e. The average molecular weight is 335 g/mol. The van der Waals surface area contributed by atoms with Crippen molar-refractivity contribution in [2.24, 2.45) is 0 Å². The number of carbonyl (C=O) groups excluding carboxylic acids is 1. The van der Waals surface area contributed by atoms with Crippen LogP contribution in [0.25, 0.3) is 0 Å². The molecular formula is C16H21N3O3S. The van der Waals surface area contributed by atoms with Crippen LogP contribution < -0.4 is 5.32 Å². The van der Waals surface area contributed by atoms with Crippen LogP contribution in [0.4, 0.5) is 5.13 Å². The van der Waals surface area contributed by atoms with Crippen molar-refractivity contribution in [3.8, 4) is 0 Å². The van der Waals surface area contributed by atoms with Crippen molar-refractivity contribution in [1.82, 2.24) is 9.88 Å². The summed E-state index contributed by atoms with van der Waals surface area (Å²) in [5.74, 6) is 0.0691. The molecule has 1 aliphatic heterocycles. The molecule has 0 unspecified atom stereocenters. The summed E-state index contributed by atoms with van der Waals surface area (Å²) in [5.41, 5.74) is 1.78. The number of morpholine rings is 1. The summed E-state index contributed by atoms with van der Waals surface area (Å²) in [6.45, 7) is 8.57. The van der Waals surface area contributed by atoms with Gasteiger partial charge in [0.15, 0.2) is 10.9 Å².